The summed E-state index contributed by atoms with van der Waals surface area (Å²) in [6.07, 6.45) is 6.37. The van der Waals surface area contributed by atoms with Crippen LogP contribution in [0.25, 0.3) is 5.57 Å². The summed E-state index contributed by atoms with van der Waals surface area (Å²) in [6.45, 7) is 16.9. The van der Waals surface area contributed by atoms with Crippen LogP contribution in [0, 0.1) is 51.2 Å². The lowest BCUT2D eigenvalue weighted by atomic mass is 9.33. The molecule has 308 valence electrons. The predicted octanol–water partition coefficient (Wildman–Crippen LogP) is 8.93. The van der Waals surface area contributed by atoms with Crippen molar-refractivity contribution in [1.29, 1.82) is 0 Å². The normalized spacial score (nSPS) is 40.7. The Hall–Kier alpha value is -2.12. The lowest BCUT2D eigenvalue weighted by Gasteiger charge is -2.72. The Kier molecular flexibility index (Phi) is 10.5. The fraction of sp³-hybridized carbons (Fsp3) is 0.767. The molecule has 1 unspecified atom stereocenters. The monoisotopic (exact) mass is 791 g/mol. The van der Waals surface area contributed by atoms with Gasteiger partial charge in [-0.25, -0.2) is 4.79 Å². The maximum Gasteiger partial charge on any atom is 0.471 e. The Balaban J connectivity index is 1.17. The van der Waals surface area contributed by atoms with Gasteiger partial charge in [0.15, 0.2) is 0 Å². The second-order valence-corrected chi connectivity index (χ2v) is 22.1. The molecule has 1 heterocycles. The first kappa shape index (κ1) is 41.1. The second-order valence-electron chi connectivity index (χ2n) is 19.7. The number of benzene rings is 1. The molecule has 1 saturated heterocycles. The number of allylic oxidation sites excluding steroid dienone is 2. The Morgan fingerprint density at radius 3 is 2.22 bits per heavy atom. The van der Waals surface area contributed by atoms with Crippen LogP contribution >= 0.6 is 10.6 Å². The van der Waals surface area contributed by atoms with Crippen LogP contribution in [-0.4, -0.2) is 86.4 Å². The van der Waals surface area contributed by atoms with Crippen LogP contribution in [0.15, 0.2) is 30.3 Å². The topological polar surface area (TPSA) is 122 Å². The Morgan fingerprint density at radius 2 is 1.58 bits per heavy atom. The van der Waals surface area contributed by atoms with Crippen molar-refractivity contribution < 1.29 is 37.0 Å². The maximum atomic E-state index is 13.6. The van der Waals surface area contributed by atoms with Gasteiger partial charge in [0.25, 0.3) is 0 Å². The molecular formula is C43H64F3N3O5S. The third-order valence-electron chi connectivity index (χ3n) is 17.1. The molecule has 5 fully saturated rings. The molecule has 55 heavy (non-hydrogen) atoms. The van der Waals surface area contributed by atoms with Gasteiger partial charge in [0.1, 0.15) is 0 Å². The summed E-state index contributed by atoms with van der Waals surface area (Å²) >= 11 is 0. The number of aromatic carboxylic acids is 1. The SMILES string of the molecule is CC(NC(=O)C(F)(F)F)[C@@H]1CC[C@]2(NCCN3CCS(O)(O)CC3)CC[C@]3(C)[C@H](CC[C@@H]4[C@@]5(C)CC=C(c6ccc(C(=O)O)cc6)C(C)(C)[C@@H]5CC[C@]43C)[C@@H]12. The van der Waals surface area contributed by atoms with Gasteiger partial charge in [-0.15, -0.1) is 0 Å². The zero-order chi connectivity index (χ0) is 40.0. The van der Waals surface area contributed by atoms with Gasteiger partial charge in [-0.05, 0) is 139 Å². The van der Waals surface area contributed by atoms with E-state index >= 15 is 0 Å². The first-order chi connectivity index (χ1) is 25.6. The summed E-state index contributed by atoms with van der Waals surface area (Å²) in [5.41, 5.74) is 2.39. The van der Waals surface area contributed by atoms with Gasteiger partial charge in [-0.3, -0.25) is 18.8 Å². The molecule has 0 aromatic heterocycles. The Morgan fingerprint density at radius 1 is 0.909 bits per heavy atom. The van der Waals surface area contributed by atoms with E-state index in [2.05, 4.69) is 56.2 Å². The number of alkyl halides is 3. The molecule has 10 atom stereocenters. The summed E-state index contributed by atoms with van der Waals surface area (Å²) in [6, 6.07) is 6.72. The maximum absolute atomic E-state index is 13.6. The number of nitrogens with zero attached hydrogens (tertiary/aromatic N) is 1. The number of carbonyl (C=O) groups excluding carboxylic acids is 1. The van der Waals surface area contributed by atoms with Crippen LogP contribution in [0.3, 0.4) is 0 Å². The molecule has 12 heteroatoms. The van der Waals surface area contributed by atoms with Gasteiger partial charge < -0.3 is 15.7 Å². The molecule has 5 N–H and O–H groups in total. The zero-order valence-electron chi connectivity index (χ0n) is 33.6. The molecule has 0 radical (unpaired) electrons. The van der Waals surface area contributed by atoms with Crippen LogP contribution in [0.2, 0.25) is 0 Å². The Bertz CT molecular complexity index is 1680. The quantitative estimate of drug-likeness (QED) is 0.178. The second kappa shape index (κ2) is 14.0. The van der Waals surface area contributed by atoms with E-state index < -0.39 is 34.7 Å². The van der Waals surface area contributed by atoms with E-state index in [-0.39, 0.29) is 39.0 Å². The molecule has 4 saturated carbocycles. The number of carboxylic acid groups (broad SMARTS) is 1. The van der Waals surface area contributed by atoms with Crippen molar-refractivity contribution >= 4 is 28.0 Å². The molecule has 5 aliphatic carbocycles. The summed E-state index contributed by atoms with van der Waals surface area (Å²) in [5.74, 6) is -0.732. The molecule has 0 spiro atoms. The van der Waals surface area contributed by atoms with Crippen LogP contribution < -0.4 is 10.6 Å². The fourth-order valence-electron chi connectivity index (χ4n) is 14.3. The number of halogens is 3. The van der Waals surface area contributed by atoms with Gasteiger partial charge in [0.2, 0.25) is 0 Å². The fourth-order valence-corrected chi connectivity index (χ4v) is 15.6. The first-order valence-corrected chi connectivity index (χ1v) is 22.6. The molecule has 6 aliphatic rings. The van der Waals surface area contributed by atoms with Gasteiger partial charge in [0, 0.05) is 37.8 Å². The zero-order valence-corrected chi connectivity index (χ0v) is 34.4. The van der Waals surface area contributed by atoms with Crippen molar-refractivity contribution in [3.05, 3.63) is 41.5 Å². The number of carboxylic acids is 1. The van der Waals surface area contributed by atoms with Crippen molar-refractivity contribution in [3.8, 4) is 0 Å². The average Bonchev–Trinajstić information content (AvgIpc) is 3.48. The summed E-state index contributed by atoms with van der Waals surface area (Å²) in [4.78, 5) is 26.2. The molecule has 8 nitrogen and oxygen atoms in total. The van der Waals surface area contributed by atoms with Crippen LogP contribution in [0.1, 0.15) is 115 Å². The predicted molar refractivity (Wildman–Crippen MR) is 212 cm³/mol. The first-order valence-electron chi connectivity index (χ1n) is 20.7. The van der Waals surface area contributed by atoms with E-state index in [1.165, 1.54) is 5.57 Å². The summed E-state index contributed by atoms with van der Waals surface area (Å²) in [5, 5.41) is 15.9. The van der Waals surface area contributed by atoms with Gasteiger partial charge in [-0.2, -0.15) is 23.8 Å². The highest BCUT2D eigenvalue weighted by Gasteiger charge is 2.70. The minimum absolute atomic E-state index is 0.0285. The van der Waals surface area contributed by atoms with Crippen molar-refractivity contribution in [2.75, 3.05) is 37.7 Å². The minimum atomic E-state index is -4.93. The number of carbonyl (C=O) groups is 2. The van der Waals surface area contributed by atoms with E-state index in [0.717, 1.165) is 76.4 Å². The van der Waals surface area contributed by atoms with Crippen LogP contribution in [0.5, 0.6) is 0 Å². The van der Waals surface area contributed by atoms with Gasteiger partial charge >= 0.3 is 18.1 Å². The van der Waals surface area contributed by atoms with E-state index in [9.17, 15) is 37.0 Å². The van der Waals surface area contributed by atoms with Crippen molar-refractivity contribution in [2.45, 2.75) is 117 Å². The number of amides is 1. The van der Waals surface area contributed by atoms with Gasteiger partial charge in [-0.1, -0.05) is 52.8 Å². The lowest BCUT2D eigenvalue weighted by Crippen LogP contribution is -2.68. The van der Waals surface area contributed by atoms with Crippen LogP contribution in [0.4, 0.5) is 13.2 Å². The summed E-state index contributed by atoms with van der Waals surface area (Å²) in [7, 11) is -2.49. The Labute approximate surface area is 327 Å². The molecular weight excluding hydrogens is 728 g/mol. The third kappa shape index (κ3) is 6.79. The third-order valence-corrected chi connectivity index (χ3v) is 18.8. The average molecular weight is 792 g/mol. The van der Waals surface area contributed by atoms with E-state index in [1.54, 1.807) is 19.1 Å². The molecule has 0 bridgehead atoms. The van der Waals surface area contributed by atoms with E-state index in [4.69, 9.17) is 0 Å². The van der Waals surface area contributed by atoms with Crippen LogP contribution in [-0.2, 0) is 4.79 Å². The van der Waals surface area contributed by atoms with Crippen molar-refractivity contribution in [1.82, 2.24) is 15.5 Å². The lowest BCUT2D eigenvalue weighted by molar-refractivity contribution is -0.221. The summed E-state index contributed by atoms with van der Waals surface area (Å²) < 4.78 is 61.0. The molecule has 1 amide bonds. The smallest absolute Gasteiger partial charge is 0.471 e. The number of nitrogens with one attached hydrogen (secondary N) is 2. The standard InChI is InChI=1S/C43H64F3N3O5S/c1-27(48-37(52)43(44,45)46)30-13-18-42(47-21-22-49-23-25-55(53,54)26-24-49)20-19-40(5)32(35(30)42)11-12-34-39(4)16-14-31(28-7-9-29(10-8-28)36(50)51)38(2,3)33(39)15-17-41(34,40)6/h7-10,14,27,30,32-35,47,53-54H,11-13,15-26H2,1-6H3,(H,48,52)(H,50,51)/t27?,30-,32+,33-,34+,35+,39-,40+,41+,42-/m0/s1. The van der Waals surface area contributed by atoms with E-state index in [0.29, 0.717) is 47.9 Å². The highest BCUT2D eigenvalue weighted by molar-refractivity contribution is 8.24. The number of hydrogen-bond donors (Lipinski definition) is 5. The van der Waals surface area contributed by atoms with Gasteiger partial charge in [0.05, 0.1) is 17.1 Å². The van der Waals surface area contributed by atoms with Crippen molar-refractivity contribution in [3.63, 3.8) is 0 Å². The molecule has 1 aliphatic heterocycles. The highest BCUT2D eigenvalue weighted by atomic mass is 32.3. The van der Waals surface area contributed by atoms with Crippen molar-refractivity contribution in [2.24, 2.45) is 51.2 Å². The highest BCUT2D eigenvalue weighted by Crippen LogP contribution is 2.76. The minimum Gasteiger partial charge on any atom is -0.478 e. The molecule has 1 aromatic rings. The number of fused-ring (bicyclic) bond motifs is 7. The molecule has 7 rings (SSSR count). The number of rotatable bonds is 8. The number of hydrogen-bond acceptors (Lipinski definition) is 6. The van der Waals surface area contributed by atoms with E-state index in [1.807, 2.05) is 12.1 Å². The molecule has 1 aromatic carbocycles. The largest absolute Gasteiger partial charge is 0.478 e.